The van der Waals surface area contributed by atoms with Crippen LogP contribution in [0.3, 0.4) is 0 Å². The molecule has 0 fully saturated rings. The molecule has 1 aromatic heterocycles. The number of nitrogens with zero attached hydrogens (tertiary/aromatic N) is 2. The number of benzene rings is 1. The molecule has 2 aromatic rings. The molecule has 0 amide bonds. The smallest absolute Gasteiger partial charge is 0.227 e. The SMILES string of the molecule is CCc1c(Cl)ncnc1Oc1cc(Cl)c(Br)cc1Cl. The average Bonchev–Trinajstić information content (AvgIpc) is 2.36. The van der Waals surface area contributed by atoms with Gasteiger partial charge in [-0.25, -0.2) is 9.97 Å². The van der Waals surface area contributed by atoms with Gasteiger partial charge in [-0.05, 0) is 28.4 Å². The van der Waals surface area contributed by atoms with Crippen molar-refractivity contribution in [2.45, 2.75) is 13.3 Å². The molecule has 1 aromatic carbocycles. The minimum Gasteiger partial charge on any atom is -0.437 e. The minimum atomic E-state index is 0.367. The first-order valence-electron chi connectivity index (χ1n) is 5.34. The van der Waals surface area contributed by atoms with Crippen molar-refractivity contribution in [3.8, 4) is 11.6 Å². The molecule has 0 atom stereocenters. The van der Waals surface area contributed by atoms with Gasteiger partial charge < -0.3 is 4.74 Å². The van der Waals surface area contributed by atoms with Crippen molar-refractivity contribution in [3.63, 3.8) is 0 Å². The van der Waals surface area contributed by atoms with Gasteiger partial charge in [-0.3, -0.25) is 0 Å². The normalized spacial score (nSPS) is 10.6. The lowest BCUT2D eigenvalue weighted by atomic mass is 10.2. The van der Waals surface area contributed by atoms with Crippen LogP contribution in [0.4, 0.5) is 0 Å². The molecule has 0 radical (unpaired) electrons. The Balaban J connectivity index is 2.42. The highest BCUT2D eigenvalue weighted by Crippen LogP contribution is 2.37. The maximum absolute atomic E-state index is 6.10. The van der Waals surface area contributed by atoms with Crippen molar-refractivity contribution >= 4 is 50.7 Å². The second-order valence-electron chi connectivity index (χ2n) is 3.60. The summed E-state index contributed by atoms with van der Waals surface area (Å²) in [4.78, 5) is 7.98. The quantitative estimate of drug-likeness (QED) is 0.515. The van der Waals surface area contributed by atoms with Crippen LogP contribution in [-0.4, -0.2) is 9.97 Å². The van der Waals surface area contributed by atoms with Crippen LogP contribution in [0.5, 0.6) is 11.6 Å². The van der Waals surface area contributed by atoms with Crippen LogP contribution >= 0.6 is 50.7 Å². The summed E-state index contributed by atoms with van der Waals surface area (Å²) in [5, 5.41) is 1.29. The zero-order valence-electron chi connectivity index (χ0n) is 9.75. The Hall–Kier alpha value is -0.550. The van der Waals surface area contributed by atoms with E-state index in [1.165, 1.54) is 6.33 Å². The number of halogens is 4. The Morgan fingerprint density at radius 2 is 1.89 bits per heavy atom. The van der Waals surface area contributed by atoms with E-state index in [1.807, 2.05) is 6.92 Å². The molecule has 0 saturated carbocycles. The van der Waals surface area contributed by atoms with E-state index in [-0.39, 0.29) is 0 Å². The predicted molar refractivity (Wildman–Crippen MR) is 80.7 cm³/mol. The summed E-state index contributed by atoms with van der Waals surface area (Å²) in [5.74, 6) is 0.794. The van der Waals surface area contributed by atoms with Crippen molar-refractivity contribution in [3.05, 3.63) is 43.7 Å². The second kappa shape index (κ2) is 6.27. The molecule has 0 aliphatic heterocycles. The van der Waals surface area contributed by atoms with Crippen LogP contribution in [0, 0.1) is 0 Å². The van der Waals surface area contributed by atoms with Gasteiger partial charge in [0.05, 0.1) is 15.6 Å². The van der Waals surface area contributed by atoms with Crippen molar-refractivity contribution in [1.29, 1.82) is 0 Å². The Bertz CT molecular complexity index is 622. The number of hydrogen-bond donors (Lipinski definition) is 0. The van der Waals surface area contributed by atoms with Crippen molar-refractivity contribution in [2.24, 2.45) is 0 Å². The van der Waals surface area contributed by atoms with E-state index >= 15 is 0 Å². The van der Waals surface area contributed by atoms with E-state index in [0.29, 0.717) is 37.7 Å². The first-order valence-corrected chi connectivity index (χ1v) is 7.27. The van der Waals surface area contributed by atoms with Crippen LogP contribution in [0.2, 0.25) is 15.2 Å². The summed E-state index contributed by atoms with van der Waals surface area (Å²) in [5.41, 5.74) is 0.722. The summed E-state index contributed by atoms with van der Waals surface area (Å²) in [6.07, 6.45) is 1.99. The summed E-state index contributed by atoms with van der Waals surface area (Å²) >= 11 is 21.4. The molecule has 0 aliphatic rings. The first-order chi connectivity index (χ1) is 9.02. The predicted octanol–water partition coefficient (Wildman–Crippen LogP) is 5.55. The molecule has 100 valence electrons. The number of hydrogen-bond acceptors (Lipinski definition) is 3. The molecule has 0 aliphatic carbocycles. The molecule has 2 rings (SSSR count). The van der Waals surface area contributed by atoms with E-state index in [9.17, 15) is 0 Å². The third kappa shape index (κ3) is 3.31. The van der Waals surface area contributed by atoms with E-state index < -0.39 is 0 Å². The molecule has 7 heteroatoms. The van der Waals surface area contributed by atoms with Gasteiger partial charge in [-0.1, -0.05) is 41.7 Å². The summed E-state index contributed by atoms with van der Waals surface area (Å²) in [6, 6.07) is 3.27. The van der Waals surface area contributed by atoms with Gasteiger partial charge in [0.2, 0.25) is 5.88 Å². The fourth-order valence-corrected chi connectivity index (χ4v) is 2.54. The monoisotopic (exact) mass is 380 g/mol. The van der Waals surface area contributed by atoms with Crippen LogP contribution in [0.1, 0.15) is 12.5 Å². The lowest BCUT2D eigenvalue weighted by Gasteiger charge is -2.11. The Kier molecular flexibility index (Phi) is 4.90. The fourth-order valence-electron chi connectivity index (χ4n) is 1.45. The van der Waals surface area contributed by atoms with Gasteiger partial charge in [-0.15, -0.1) is 0 Å². The molecule has 19 heavy (non-hydrogen) atoms. The van der Waals surface area contributed by atoms with E-state index in [4.69, 9.17) is 39.5 Å². The molecule has 3 nitrogen and oxygen atoms in total. The largest absolute Gasteiger partial charge is 0.437 e. The maximum atomic E-state index is 6.10. The first kappa shape index (κ1) is 14.9. The minimum absolute atomic E-state index is 0.367. The third-order valence-electron chi connectivity index (χ3n) is 2.39. The lowest BCUT2D eigenvalue weighted by molar-refractivity contribution is 0.455. The lowest BCUT2D eigenvalue weighted by Crippen LogP contribution is -1.97. The van der Waals surface area contributed by atoms with Crippen molar-refractivity contribution in [2.75, 3.05) is 0 Å². The highest BCUT2D eigenvalue weighted by Gasteiger charge is 2.13. The van der Waals surface area contributed by atoms with Gasteiger partial charge in [0.15, 0.2) is 0 Å². The standard InChI is InChI=1S/C12H8BrCl3N2O/c1-2-6-11(16)17-5-18-12(6)19-10-4-8(14)7(13)3-9(10)15/h3-5H,2H2,1H3. The van der Waals surface area contributed by atoms with E-state index in [1.54, 1.807) is 12.1 Å². The Labute approximate surface area is 134 Å². The number of rotatable bonds is 3. The maximum Gasteiger partial charge on any atom is 0.227 e. The Morgan fingerprint density at radius 1 is 1.16 bits per heavy atom. The van der Waals surface area contributed by atoms with Crippen molar-refractivity contribution < 1.29 is 4.74 Å². The zero-order chi connectivity index (χ0) is 14.0. The molecule has 1 heterocycles. The van der Waals surface area contributed by atoms with Gasteiger partial charge >= 0.3 is 0 Å². The summed E-state index contributed by atoms with van der Waals surface area (Å²) in [6.45, 7) is 1.94. The molecular formula is C12H8BrCl3N2O. The van der Waals surface area contributed by atoms with Crippen molar-refractivity contribution in [1.82, 2.24) is 9.97 Å². The summed E-state index contributed by atoms with van der Waals surface area (Å²) < 4.78 is 6.37. The molecule has 0 saturated heterocycles. The number of aromatic nitrogens is 2. The van der Waals surface area contributed by atoms with Crippen LogP contribution < -0.4 is 4.74 Å². The molecule has 0 unspecified atom stereocenters. The van der Waals surface area contributed by atoms with Gasteiger partial charge in [-0.2, -0.15) is 0 Å². The van der Waals surface area contributed by atoms with Gasteiger partial charge in [0.1, 0.15) is 17.2 Å². The van der Waals surface area contributed by atoms with Crippen LogP contribution in [-0.2, 0) is 6.42 Å². The van der Waals surface area contributed by atoms with Crippen LogP contribution in [0.25, 0.3) is 0 Å². The highest BCUT2D eigenvalue weighted by molar-refractivity contribution is 9.10. The topological polar surface area (TPSA) is 35.0 Å². The Morgan fingerprint density at radius 3 is 2.58 bits per heavy atom. The van der Waals surface area contributed by atoms with E-state index in [2.05, 4.69) is 25.9 Å². The fraction of sp³-hybridized carbons (Fsp3) is 0.167. The molecule has 0 N–H and O–H groups in total. The zero-order valence-corrected chi connectivity index (χ0v) is 13.6. The van der Waals surface area contributed by atoms with Crippen LogP contribution in [0.15, 0.2) is 22.9 Å². The average molecular weight is 382 g/mol. The third-order valence-corrected chi connectivity index (χ3v) is 4.21. The molecular weight excluding hydrogens is 374 g/mol. The van der Waals surface area contributed by atoms with Gasteiger partial charge in [0, 0.05) is 10.5 Å². The van der Waals surface area contributed by atoms with Gasteiger partial charge in [0.25, 0.3) is 0 Å². The molecule has 0 bridgehead atoms. The second-order valence-corrected chi connectivity index (χ2v) is 5.63. The highest BCUT2D eigenvalue weighted by atomic mass is 79.9. The van der Waals surface area contributed by atoms with E-state index in [0.717, 1.165) is 5.56 Å². The molecule has 0 spiro atoms. The summed E-state index contributed by atoms with van der Waals surface area (Å²) in [7, 11) is 0. The number of ether oxygens (including phenoxy) is 1.